The van der Waals surface area contributed by atoms with Crippen molar-refractivity contribution in [3.8, 4) is 0 Å². The highest BCUT2D eigenvalue weighted by Gasteiger charge is 2.52. The van der Waals surface area contributed by atoms with Gasteiger partial charge in [-0.2, -0.15) is 5.01 Å². The summed E-state index contributed by atoms with van der Waals surface area (Å²) in [7, 11) is 1.86. The van der Waals surface area contributed by atoms with Crippen LogP contribution in [0.5, 0.6) is 0 Å². The van der Waals surface area contributed by atoms with E-state index < -0.39 is 12.2 Å². The molecule has 2 saturated heterocycles. The molecule has 232 valence electrons. The molecule has 0 aromatic heterocycles. The Kier molecular flexibility index (Phi) is 8.71. The van der Waals surface area contributed by atoms with Gasteiger partial charge in [0, 0.05) is 38.3 Å². The summed E-state index contributed by atoms with van der Waals surface area (Å²) < 4.78 is 0. The Morgan fingerprint density at radius 3 is 2.33 bits per heavy atom. The van der Waals surface area contributed by atoms with E-state index >= 15 is 0 Å². The molecule has 0 bridgehead atoms. The number of fused-ring (bicyclic) bond motifs is 2. The van der Waals surface area contributed by atoms with Crippen LogP contribution in [0, 0.1) is 0 Å². The topological polar surface area (TPSA) is 88.2 Å². The quantitative estimate of drug-likeness (QED) is 0.286. The molecular formula is C36H40N6O3. The summed E-state index contributed by atoms with van der Waals surface area (Å²) in [6.07, 6.45) is -0.107. The average molecular weight is 605 g/mol. The molecule has 2 heterocycles. The van der Waals surface area contributed by atoms with Gasteiger partial charge in [-0.1, -0.05) is 84.9 Å². The van der Waals surface area contributed by atoms with Crippen molar-refractivity contribution in [3.05, 3.63) is 114 Å². The number of nitrogens with one attached hydrogen (secondary N) is 2. The molecule has 9 heteroatoms. The van der Waals surface area contributed by atoms with Gasteiger partial charge in [0.2, 0.25) is 11.8 Å². The van der Waals surface area contributed by atoms with Gasteiger partial charge < -0.3 is 20.4 Å². The maximum atomic E-state index is 14.3. The number of nitrogens with zero attached hydrogens (tertiary/aromatic N) is 4. The van der Waals surface area contributed by atoms with Gasteiger partial charge in [0.1, 0.15) is 12.2 Å². The van der Waals surface area contributed by atoms with E-state index in [1.165, 1.54) is 0 Å². The molecule has 2 N–H and O–H groups in total. The zero-order valence-electron chi connectivity index (χ0n) is 26.0. The van der Waals surface area contributed by atoms with Gasteiger partial charge in [-0.3, -0.25) is 14.6 Å². The smallest absolute Gasteiger partial charge is 0.332 e. The normalized spacial score (nSPS) is 18.4. The largest absolute Gasteiger partial charge is 0.388 e. The van der Waals surface area contributed by atoms with Crippen LogP contribution in [0.2, 0.25) is 0 Å². The second kappa shape index (κ2) is 13.0. The number of amides is 4. The highest BCUT2D eigenvalue weighted by molar-refractivity contribution is 5.92. The van der Waals surface area contributed by atoms with Gasteiger partial charge >= 0.3 is 6.03 Å². The molecule has 2 aliphatic rings. The summed E-state index contributed by atoms with van der Waals surface area (Å²) in [5.41, 5.74) is 3.97. The minimum Gasteiger partial charge on any atom is -0.388 e. The van der Waals surface area contributed by atoms with E-state index in [1.54, 1.807) is 9.91 Å². The number of rotatable bonds is 9. The SMILES string of the molecule is CNc1ccc(C[C@H]2C(=O)N(Cc3cccc4ccccc34)C[C@H]3N2C(=O)CN3N(C(=O)NCc2ccccc2)C(C)C)cc1. The van der Waals surface area contributed by atoms with Crippen molar-refractivity contribution in [2.24, 2.45) is 0 Å². The van der Waals surface area contributed by atoms with Crippen LogP contribution in [0.1, 0.15) is 30.5 Å². The second-order valence-corrected chi connectivity index (χ2v) is 12.0. The Bertz CT molecular complexity index is 1670. The first kappa shape index (κ1) is 30.1. The Morgan fingerprint density at radius 2 is 1.60 bits per heavy atom. The van der Waals surface area contributed by atoms with E-state index in [9.17, 15) is 14.4 Å². The third-order valence-corrected chi connectivity index (χ3v) is 8.74. The lowest BCUT2D eigenvalue weighted by Crippen LogP contribution is -2.66. The fourth-order valence-electron chi connectivity index (χ4n) is 6.53. The van der Waals surface area contributed by atoms with Crippen molar-refractivity contribution >= 4 is 34.3 Å². The summed E-state index contributed by atoms with van der Waals surface area (Å²) in [6, 6.07) is 30.8. The molecule has 6 rings (SSSR count). The van der Waals surface area contributed by atoms with Gasteiger partial charge in [0.25, 0.3) is 0 Å². The first-order valence-corrected chi connectivity index (χ1v) is 15.5. The van der Waals surface area contributed by atoms with Gasteiger partial charge in [0.05, 0.1) is 13.1 Å². The van der Waals surface area contributed by atoms with Crippen LogP contribution < -0.4 is 10.6 Å². The molecule has 0 radical (unpaired) electrons. The van der Waals surface area contributed by atoms with Gasteiger partial charge in [0.15, 0.2) is 0 Å². The lowest BCUT2D eigenvalue weighted by atomic mass is 9.98. The molecular weight excluding hydrogens is 564 g/mol. The van der Waals surface area contributed by atoms with E-state index in [0.717, 1.165) is 33.2 Å². The highest BCUT2D eigenvalue weighted by Crippen LogP contribution is 2.32. The van der Waals surface area contributed by atoms with Gasteiger partial charge in [-0.25, -0.2) is 4.79 Å². The second-order valence-electron chi connectivity index (χ2n) is 12.0. The van der Waals surface area contributed by atoms with Crippen molar-refractivity contribution < 1.29 is 14.4 Å². The number of benzene rings is 4. The van der Waals surface area contributed by atoms with Crippen molar-refractivity contribution in [3.63, 3.8) is 0 Å². The van der Waals surface area contributed by atoms with Crippen LogP contribution >= 0.6 is 0 Å². The predicted octanol–water partition coefficient (Wildman–Crippen LogP) is 4.84. The summed E-state index contributed by atoms with van der Waals surface area (Å²) >= 11 is 0. The number of hydrazine groups is 1. The summed E-state index contributed by atoms with van der Waals surface area (Å²) in [5.74, 6) is -0.242. The summed E-state index contributed by atoms with van der Waals surface area (Å²) in [4.78, 5) is 45.4. The standard InChI is InChI=1S/C36H40N6O3/c1-25(2)42(36(45)38-21-27-10-5-4-6-11-27)40-24-34(43)41-32(20-26-16-18-30(37-3)19-17-26)35(44)39(23-33(40)41)22-29-14-9-13-28-12-7-8-15-31(28)29/h4-19,25,32-33,37H,20-24H2,1-3H3,(H,38,45)/t32-,33+/m0/s1. The number of piperazine rings is 1. The molecule has 4 aromatic rings. The fourth-order valence-corrected chi connectivity index (χ4v) is 6.53. The number of carbonyl (C=O) groups is 3. The highest BCUT2D eigenvalue weighted by atomic mass is 16.2. The zero-order valence-corrected chi connectivity index (χ0v) is 26.0. The van der Waals surface area contributed by atoms with Crippen LogP contribution in [-0.4, -0.2) is 76.0 Å². The molecule has 4 aromatic carbocycles. The van der Waals surface area contributed by atoms with Gasteiger partial charge in [-0.05, 0) is 53.4 Å². The summed E-state index contributed by atoms with van der Waals surface area (Å²) in [5, 5.41) is 11.9. The molecule has 2 fully saturated rings. The summed E-state index contributed by atoms with van der Waals surface area (Å²) in [6.45, 7) is 4.97. The Morgan fingerprint density at radius 1 is 0.889 bits per heavy atom. The number of hydrogen-bond donors (Lipinski definition) is 2. The number of hydrogen-bond acceptors (Lipinski definition) is 5. The molecule has 0 spiro atoms. The third kappa shape index (κ3) is 6.21. The molecule has 0 saturated carbocycles. The van der Waals surface area contributed by atoms with Crippen LogP contribution in [0.25, 0.3) is 10.8 Å². The first-order chi connectivity index (χ1) is 21.8. The molecule has 45 heavy (non-hydrogen) atoms. The maximum absolute atomic E-state index is 14.3. The van der Waals surface area contributed by atoms with E-state index in [0.29, 0.717) is 19.5 Å². The minimum atomic E-state index is -0.696. The lowest BCUT2D eigenvalue weighted by Gasteiger charge is -2.47. The Hall–Kier alpha value is -4.89. The zero-order chi connectivity index (χ0) is 31.5. The van der Waals surface area contributed by atoms with Crippen molar-refractivity contribution in [1.82, 2.24) is 25.1 Å². The van der Waals surface area contributed by atoms with Crippen LogP contribution in [0.15, 0.2) is 97.1 Å². The number of carbonyl (C=O) groups excluding carboxylic acids is 3. The molecule has 2 atom stereocenters. The van der Waals surface area contributed by atoms with Crippen LogP contribution in [-0.2, 0) is 29.1 Å². The number of anilines is 1. The van der Waals surface area contributed by atoms with E-state index in [4.69, 9.17) is 0 Å². The van der Waals surface area contributed by atoms with E-state index in [-0.39, 0.29) is 37.0 Å². The van der Waals surface area contributed by atoms with E-state index in [2.05, 4.69) is 34.9 Å². The maximum Gasteiger partial charge on any atom is 0.332 e. The Balaban J connectivity index is 1.32. The average Bonchev–Trinajstić information content (AvgIpc) is 3.37. The monoisotopic (exact) mass is 604 g/mol. The van der Waals surface area contributed by atoms with Crippen molar-refractivity contribution in [2.45, 2.75) is 51.6 Å². The third-order valence-electron chi connectivity index (χ3n) is 8.74. The first-order valence-electron chi connectivity index (χ1n) is 15.5. The Labute approximate surface area is 264 Å². The van der Waals surface area contributed by atoms with Crippen LogP contribution in [0.4, 0.5) is 10.5 Å². The molecule has 4 amide bonds. The fraction of sp³-hybridized carbons (Fsp3) is 0.306. The molecule has 0 aliphatic carbocycles. The minimum absolute atomic E-state index is 0.0200. The predicted molar refractivity (Wildman–Crippen MR) is 176 cm³/mol. The molecule has 2 aliphatic heterocycles. The molecule has 9 nitrogen and oxygen atoms in total. The van der Waals surface area contributed by atoms with Gasteiger partial charge in [-0.15, -0.1) is 0 Å². The van der Waals surface area contributed by atoms with Crippen molar-refractivity contribution in [2.75, 3.05) is 25.5 Å². The van der Waals surface area contributed by atoms with Crippen molar-refractivity contribution in [1.29, 1.82) is 0 Å². The van der Waals surface area contributed by atoms with E-state index in [1.807, 2.05) is 104 Å². The molecule has 0 unspecified atom stereocenters. The number of urea groups is 1. The lowest BCUT2D eigenvalue weighted by molar-refractivity contribution is -0.158. The van der Waals surface area contributed by atoms with Crippen LogP contribution in [0.3, 0.4) is 0 Å².